The van der Waals surface area contributed by atoms with Crippen LogP contribution in [0.1, 0.15) is 5.56 Å². The fraction of sp³-hybridized carbons (Fsp3) is 0.154. The Bertz CT molecular complexity index is 729. The van der Waals surface area contributed by atoms with E-state index in [0.29, 0.717) is 4.34 Å². The minimum absolute atomic E-state index is 0.0480. The molecule has 1 amide bonds. The van der Waals surface area contributed by atoms with Crippen molar-refractivity contribution in [2.45, 2.75) is 16.7 Å². The molecule has 112 valence electrons. The average Bonchev–Trinajstić information content (AvgIpc) is 2.86. The highest BCUT2D eigenvalue weighted by molar-refractivity contribution is 7.91. The van der Waals surface area contributed by atoms with Crippen LogP contribution in [-0.4, -0.2) is 20.4 Å². The van der Waals surface area contributed by atoms with Gasteiger partial charge in [0.25, 0.3) is 10.0 Å². The predicted molar refractivity (Wildman–Crippen MR) is 82.8 cm³/mol. The second kappa shape index (κ2) is 6.57. The van der Waals surface area contributed by atoms with Gasteiger partial charge in [-0.2, -0.15) is 4.72 Å². The van der Waals surface area contributed by atoms with Crippen molar-refractivity contribution < 1.29 is 13.2 Å². The van der Waals surface area contributed by atoms with Crippen molar-refractivity contribution in [1.82, 2.24) is 4.72 Å². The number of amides is 1. The van der Waals surface area contributed by atoms with Gasteiger partial charge in [0.1, 0.15) is 10.3 Å². The lowest BCUT2D eigenvalue weighted by molar-refractivity contribution is -0.119. The van der Waals surface area contributed by atoms with E-state index < -0.39 is 22.0 Å². The van der Waals surface area contributed by atoms with Crippen molar-refractivity contribution >= 4 is 38.9 Å². The topological polar surface area (TPSA) is 89.3 Å². The van der Waals surface area contributed by atoms with Crippen molar-refractivity contribution in [2.75, 3.05) is 0 Å². The molecular formula is C13H13ClN2O3S2. The van der Waals surface area contributed by atoms with E-state index in [4.69, 9.17) is 17.3 Å². The fourth-order valence-corrected chi connectivity index (χ4v) is 4.44. The molecule has 3 N–H and O–H groups in total. The van der Waals surface area contributed by atoms with Crippen LogP contribution in [0, 0.1) is 0 Å². The SMILES string of the molecule is NC(=O)[C@H](Cc1ccccc1)NS(=O)(=O)c1ccc(Cl)s1. The van der Waals surface area contributed by atoms with Gasteiger partial charge in [0.15, 0.2) is 0 Å². The Balaban J connectivity index is 2.18. The summed E-state index contributed by atoms with van der Waals surface area (Å²) in [6.45, 7) is 0. The minimum Gasteiger partial charge on any atom is -0.368 e. The van der Waals surface area contributed by atoms with E-state index in [-0.39, 0.29) is 10.6 Å². The number of nitrogens with one attached hydrogen (secondary N) is 1. The molecule has 1 heterocycles. The molecule has 0 fully saturated rings. The van der Waals surface area contributed by atoms with Gasteiger partial charge in [-0.3, -0.25) is 4.79 Å². The Kier molecular flexibility index (Phi) is 5.00. The first-order valence-electron chi connectivity index (χ1n) is 5.99. The number of thiophene rings is 1. The normalized spacial score (nSPS) is 13.0. The molecule has 1 aromatic carbocycles. The standard InChI is InChI=1S/C13H13ClN2O3S2/c14-11-6-7-12(20-11)21(18,19)16-10(13(15)17)8-9-4-2-1-3-5-9/h1-7,10,16H,8H2,(H2,15,17)/t10-/m0/s1. The van der Waals surface area contributed by atoms with Crippen molar-refractivity contribution in [1.29, 1.82) is 0 Å². The summed E-state index contributed by atoms with van der Waals surface area (Å²) in [6, 6.07) is 10.9. The molecule has 0 aliphatic heterocycles. The molecule has 8 heteroatoms. The van der Waals surface area contributed by atoms with Crippen molar-refractivity contribution in [3.8, 4) is 0 Å². The lowest BCUT2D eigenvalue weighted by Crippen LogP contribution is -2.45. The van der Waals surface area contributed by atoms with Crippen LogP contribution in [0.2, 0.25) is 4.34 Å². The summed E-state index contributed by atoms with van der Waals surface area (Å²) < 4.78 is 27.1. The lowest BCUT2D eigenvalue weighted by atomic mass is 10.1. The molecule has 1 atom stereocenters. The molecular weight excluding hydrogens is 332 g/mol. The highest BCUT2D eigenvalue weighted by atomic mass is 35.5. The molecule has 0 aliphatic carbocycles. The van der Waals surface area contributed by atoms with E-state index in [1.807, 2.05) is 6.07 Å². The summed E-state index contributed by atoms with van der Waals surface area (Å²) in [5.41, 5.74) is 6.10. The smallest absolute Gasteiger partial charge is 0.250 e. The van der Waals surface area contributed by atoms with E-state index in [9.17, 15) is 13.2 Å². The van der Waals surface area contributed by atoms with Crippen LogP contribution in [0.25, 0.3) is 0 Å². The van der Waals surface area contributed by atoms with Crippen LogP contribution in [0.4, 0.5) is 0 Å². The first-order chi connectivity index (χ1) is 9.88. The number of rotatable bonds is 6. The Hall–Kier alpha value is -1.41. The van der Waals surface area contributed by atoms with Gasteiger partial charge in [0, 0.05) is 0 Å². The Morgan fingerprint density at radius 2 is 1.90 bits per heavy atom. The molecule has 0 radical (unpaired) electrons. The number of nitrogens with two attached hydrogens (primary N) is 1. The number of hydrogen-bond acceptors (Lipinski definition) is 4. The Labute approximate surface area is 131 Å². The molecule has 0 unspecified atom stereocenters. The van der Waals surface area contributed by atoms with Crippen LogP contribution < -0.4 is 10.5 Å². The molecule has 0 aliphatic rings. The quantitative estimate of drug-likeness (QED) is 0.837. The molecule has 5 nitrogen and oxygen atoms in total. The monoisotopic (exact) mass is 344 g/mol. The van der Waals surface area contributed by atoms with E-state index in [1.165, 1.54) is 12.1 Å². The first kappa shape index (κ1) is 16.0. The van der Waals surface area contributed by atoms with Gasteiger partial charge in [-0.1, -0.05) is 41.9 Å². The summed E-state index contributed by atoms with van der Waals surface area (Å²) in [5, 5.41) is 0. The third-order valence-electron chi connectivity index (χ3n) is 2.74. The van der Waals surface area contributed by atoms with Gasteiger partial charge in [-0.25, -0.2) is 8.42 Å². The zero-order valence-electron chi connectivity index (χ0n) is 10.8. The number of primary amides is 1. The van der Waals surface area contributed by atoms with Crippen LogP contribution in [0.5, 0.6) is 0 Å². The summed E-state index contributed by atoms with van der Waals surface area (Å²) >= 11 is 6.65. The highest BCUT2D eigenvalue weighted by Gasteiger charge is 2.25. The van der Waals surface area contributed by atoms with Crippen LogP contribution in [0.3, 0.4) is 0 Å². The fourth-order valence-electron chi connectivity index (χ4n) is 1.74. The van der Waals surface area contributed by atoms with Gasteiger partial charge in [-0.15, -0.1) is 11.3 Å². The van der Waals surface area contributed by atoms with Gasteiger partial charge in [0.05, 0.1) is 4.34 Å². The second-order valence-corrected chi connectivity index (χ2v) is 7.98. The maximum Gasteiger partial charge on any atom is 0.250 e. The number of hydrogen-bond donors (Lipinski definition) is 2. The molecule has 1 aromatic heterocycles. The van der Waals surface area contributed by atoms with Crippen molar-refractivity contribution in [3.05, 3.63) is 52.4 Å². The maximum absolute atomic E-state index is 12.2. The number of benzene rings is 1. The zero-order chi connectivity index (χ0) is 15.5. The molecule has 0 saturated heterocycles. The number of sulfonamides is 1. The third kappa shape index (κ3) is 4.28. The molecule has 0 saturated carbocycles. The van der Waals surface area contributed by atoms with Crippen LogP contribution >= 0.6 is 22.9 Å². The van der Waals surface area contributed by atoms with Gasteiger partial charge in [-0.05, 0) is 24.1 Å². The van der Waals surface area contributed by atoms with Gasteiger partial charge < -0.3 is 5.73 Å². The largest absolute Gasteiger partial charge is 0.368 e. The van der Waals surface area contributed by atoms with E-state index >= 15 is 0 Å². The Morgan fingerprint density at radius 3 is 2.43 bits per heavy atom. The summed E-state index contributed by atoms with van der Waals surface area (Å²) in [7, 11) is -3.82. The summed E-state index contributed by atoms with van der Waals surface area (Å²) in [6.07, 6.45) is 0.189. The highest BCUT2D eigenvalue weighted by Crippen LogP contribution is 2.25. The third-order valence-corrected chi connectivity index (χ3v) is 5.93. The number of carbonyl (C=O) groups excluding carboxylic acids is 1. The molecule has 21 heavy (non-hydrogen) atoms. The summed E-state index contributed by atoms with van der Waals surface area (Å²) in [4.78, 5) is 11.5. The molecule has 0 spiro atoms. The van der Waals surface area contributed by atoms with Crippen LogP contribution in [-0.2, 0) is 21.2 Å². The molecule has 0 bridgehead atoms. The van der Waals surface area contributed by atoms with E-state index in [1.54, 1.807) is 24.3 Å². The predicted octanol–water partition coefficient (Wildman–Crippen LogP) is 1.78. The molecule has 2 aromatic rings. The number of halogens is 1. The summed E-state index contributed by atoms with van der Waals surface area (Å²) in [5.74, 6) is -0.731. The van der Waals surface area contributed by atoms with E-state index in [0.717, 1.165) is 16.9 Å². The Morgan fingerprint density at radius 1 is 1.24 bits per heavy atom. The second-order valence-electron chi connectivity index (χ2n) is 4.32. The average molecular weight is 345 g/mol. The van der Waals surface area contributed by atoms with Crippen molar-refractivity contribution in [3.63, 3.8) is 0 Å². The number of carbonyl (C=O) groups is 1. The zero-order valence-corrected chi connectivity index (χ0v) is 13.2. The minimum atomic E-state index is -3.82. The van der Waals surface area contributed by atoms with Crippen LogP contribution in [0.15, 0.2) is 46.7 Å². The lowest BCUT2D eigenvalue weighted by Gasteiger charge is -2.15. The van der Waals surface area contributed by atoms with E-state index in [2.05, 4.69) is 4.72 Å². The molecule has 2 rings (SSSR count). The first-order valence-corrected chi connectivity index (χ1v) is 8.67. The van der Waals surface area contributed by atoms with Gasteiger partial charge >= 0.3 is 0 Å². The maximum atomic E-state index is 12.2. The van der Waals surface area contributed by atoms with Gasteiger partial charge in [0.2, 0.25) is 5.91 Å². The van der Waals surface area contributed by atoms with Crippen molar-refractivity contribution in [2.24, 2.45) is 5.73 Å².